The third-order valence-electron chi connectivity index (χ3n) is 3.29. The molecule has 0 aliphatic rings. The number of halogens is 1. The van der Waals surface area contributed by atoms with Crippen molar-refractivity contribution in [3.8, 4) is 5.75 Å². The molecule has 2 amide bonds. The van der Waals surface area contributed by atoms with Crippen molar-refractivity contribution in [2.45, 2.75) is 13.0 Å². The Bertz CT molecular complexity index is 689. The number of likely N-dealkylation sites (N-methyl/N-ethyl adjacent to an activating group) is 1. The minimum atomic E-state index is -0.680. The van der Waals surface area contributed by atoms with Gasteiger partial charge in [0.25, 0.3) is 5.91 Å². The predicted molar refractivity (Wildman–Crippen MR) is 94.3 cm³/mol. The first-order chi connectivity index (χ1) is 11.5. The maximum absolute atomic E-state index is 12.3. The summed E-state index contributed by atoms with van der Waals surface area (Å²) in [5, 5.41) is 3.30. The van der Waals surface area contributed by atoms with Gasteiger partial charge >= 0.3 is 0 Å². The number of amides is 2. The summed E-state index contributed by atoms with van der Waals surface area (Å²) in [7, 11) is 1.56. The van der Waals surface area contributed by atoms with Crippen molar-refractivity contribution in [1.29, 1.82) is 0 Å². The molecule has 6 heteroatoms. The summed E-state index contributed by atoms with van der Waals surface area (Å²) in [5.41, 5.74) is 0.624. The third-order valence-corrected chi connectivity index (χ3v) is 3.54. The van der Waals surface area contributed by atoms with Crippen molar-refractivity contribution < 1.29 is 14.3 Å². The van der Waals surface area contributed by atoms with E-state index in [9.17, 15) is 9.59 Å². The van der Waals surface area contributed by atoms with Crippen LogP contribution in [0.2, 0.25) is 5.02 Å². The Balaban J connectivity index is 1.86. The molecule has 0 unspecified atom stereocenters. The van der Waals surface area contributed by atoms with Crippen LogP contribution in [0.25, 0.3) is 0 Å². The number of nitrogens with one attached hydrogen (secondary N) is 1. The quantitative estimate of drug-likeness (QED) is 0.873. The van der Waals surface area contributed by atoms with Crippen molar-refractivity contribution in [2.24, 2.45) is 0 Å². The molecule has 0 spiro atoms. The zero-order valence-corrected chi connectivity index (χ0v) is 14.3. The van der Waals surface area contributed by atoms with Gasteiger partial charge in [0, 0.05) is 17.8 Å². The van der Waals surface area contributed by atoms with Crippen molar-refractivity contribution >= 4 is 29.1 Å². The molecule has 0 saturated heterocycles. The Hall–Kier alpha value is -2.53. The second-order valence-electron chi connectivity index (χ2n) is 5.32. The molecule has 0 aromatic heterocycles. The molecule has 0 aliphatic carbocycles. The number of ether oxygens (including phenoxy) is 1. The number of hydrogen-bond acceptors (Lipinski definition) is 3. The van der Waals surface area contributed by atoms with Crippen LogP contribution in [0.5, 0.6) is 5.75 Å². The molecule has 0 fully saturated rings. The van der Waals surface area contributed by atoms with Crippen LogP contribution in [-0.2, 0) is 9.59 Å². The van der Waals surface area contributed by atoms with Crippen LogP contribution in [0.1, 0.15) is 6.92 Å². The molecular weight excluding hydrogens is 328 g/mol. The fourth-order valence-electron chi connectivity index (χ4n) is 2.09. The molecule has 5 nitrogen and oxygen atoms in total. The molecule has 24 heavy (non-hydrogen) atoms. The number of hydrogen-bond donors (Lipinski definition) is 1. The Morgan fingerprint density at radius 2 is 1.75 bits per heavy atom. The lowest BCUT2D eigenvalue weighted by molar-refractivity contribution is -0.139. The number of carbonyl (C=O) groups excluding carboxylic acids is 2. The van der Waals surface area contributed by atoms with Crippen LogP contribution in [0, 0.1) is 0 Å². The first-order valence-corrected chi connectivity index (χ1v) is 7.85. The van der Waals surface area contributed by atoms with Gasteiger partial charge in [-0.3, -0.25) is 9.59 Å². The van der Waals surface area contributed by atoms with Crippen molar-refractivity contribution in [3.05, 3.63) is 59.6 Å². The zero-order valence-electron chi connectivity index (χ0n) is 13.5. The summed E-state index contributed by atoms with van der Waals surface area (Å²) < 4.78 is 5.57. The van der Waals surface area contributed by atoms with E-state index in [-0.39, 0.29) is 18.4 Å². The lowest BCUT2D eigenvalue weighted by Gasteiger charge is -2.21. The second-order valence-corrected chi connectivity index (χ2v) is 5.76. The van der Waals surface area contributed by atoms with Crippen molar-refractivity contribution in [3.63, 3.8) is 0 Å². The number of benzene rings is 2. The average molecular weight is 347 g/mol. The molecule has 2 aromatic rings. The second kappa shape index (κ2) is 8.36. The van der Waals surface area contributed by atoms with Crippen LogP contribution >= 0.6 is 11.6 Å². The van der Waals surface area contributed by atoms with E-state index in [1.165, 1.54) is 4.90 Å². The zero-order chi connectivity index (χ0) is 17.5. The first-order valence-electron chi connectivity index (χ1n) is 7.48. The summed E-state index contributed by atoms with van der Waals surface area (Å²) >= 11 is 5.80. The first kappa shape index (κ1) is 17.8. The van der Waals surface area contributed by atoms with Crippen LogP contribution in [0.4, 0.5) is 5.69 Å². The van der Waals surface area contributed by atoms with Gasteiger partial charge in [0.15, 0.2) is 6.10 Å². The molecule has 0 saturated carbocycles. The van der Waals surface area contributed by atoms with Crippen molar-refractivity contribution in [1.82, 2.24) is 4.90 Å². The Morgan fingerprint density at radius 3 is 2.38 bits per heavy atom. The van der Waals surface area contributed by atoms with Gasteiger partial charge < -0.3 is 15.0 Å². The smallest absolute Gasteiger partial charge is 0.263 e. The highest BCUT2D eigenvalue weighted by molar-refractivity contribution is 6.30. The van der Waals surface area contributed by atoms with E-state index in [1.54, 1.807) is 50.4 Å². The number of para-hydroxylation sites is 1. The number of anilines is 1. The summed E-state index contributed by atoms with van der Waals surface area (Å²) in [6, 6.07) is 15.8. The van der Waals surface area contributed by atoms with Gasteiger partial charge in [-0.2, -0.15) is 0 Å². The van der Waals surface area contributed by atoms with Crippen LogP contribution < -0.4 is 10.1 Å². The fraction of sp³-hybridized carbons (Fsp3) is 0.222. The van der Waals surface area contributed by atoms with E-state index in [2.05, 4.69) is 5.32 Å². The molecule has 2 aromatic carbocycles. The molecule has 2 rings (SSSR count). The van der Waals surface area contributed by atoms with Gasteiger partial charge in [0.2, 0.25) is 5.91 Å². The van der Waals surface area contributed by atoms with E-state index in [1.807, 2.05) is 18.2 Å². The van der Waals surface area contributed by atoms with E-state index < -0.39 is 6.10 Å². The highest BCUT2D eigenvalue weighted by atomic mass is 35.5. The van der Waals surface area contributed by atoms with Crippen LogP contribution in [0.15, 0.2) is 54.6 Å². The molecule has 1 atom stereocenters. The highest BCUT2D eigenvalue weighted by Gasteiger charge is 2.21. The van der Waals surface area contributed by atoms with Gasteiger partial charge in [0.05, 0.1) is 6.54 Å². The topological polar surface area (TPSA) is 58.6 Å². The van der Waals surface area contributed by atoms with E-state index in [0.717, 1.165) is 0 Å². The number of carbonyl (C=O) groups is 2. The van der Waals surface area contributed by atoms with Crippen LogP contribution in [0.3, 0.4) is 0 Å². The van der Waals surface area contributed by atoms with Gasteiger partial charge in [-0.1, -0.05) is 29.8 Å². The van der Waals surface area contributed by atoms with Gasteiger partial charge in [-0.15, -0.1) is 0 Å². The molecule has 0 bridgehead atoms. The standard InChI is InChI=1S/C18H19ClN2O3/c1-13(24-16-6-4-3-5-7-16)18(23)21(2)12-17(22)20-15-10-8-14(19)9-11-15/h3-11,13H,12H2,1-2H3,(H,20,22)/t13-/m0/s1. The molecule has 1 N–H and O–H groups in total. The monoisotopic (exact) mass is 346 g/mol. The maximum atomic E-state index is 12.3. The Morgan fingerprint density at radius 1 is 1.12 bits per heavy atom. The lowest BCUT2D eigenvalue weighted by Crippen LogP contribution is -2.41. The molecular formula is C18H19ClN2O3. The molecule has 0 radical (unpaired) electrons. The van der Waals surface area contributed by atoms with Gasteiger partial charge in [-0.05, 0) is 43.3 Å². The highest BCUT2D eigenvalue weighted by Crippen LogP contribution is 2.14. The van der Waals surface area contributed by atoms with E-state index in [4.69, 9.17) is 16.3 Å². The average Bonchev–Trinajstić information content (AvgIpc) is 2.57. The van der Waals surface area contributed by atoms with E-state index in [0.29, 0.717) is 16.5 Å². The molecule has 0 heterocycles. The lowest BCUT2D eigenvalue weighted by atomic mass is 10.3. The summed E-state index contributed by atoms with van der Waals surface area (Å²) in [6.45, 7) is 1.59. The summed E-state index contributed by atoms with van der Waals surface area (Å²) in [4.78, 5) is 25.6. The Kier molecular flexibility index (Phi) is 6.21. The van der Waals surface area contributed by atoms with E-state index >= 15 is 0 Å². The summed E-state index contributed by atoms with van der Waals surface area (Å²) in [6.07, 6.45) is -0.680. The predicted octanol–water partition coefficient (Wildman–Crippen LogP) is 3.20. The minimum Gasteiger partial charge on any atom is -0.481 e. The largest absolute Gasteiger partial charge is 0.481 e. The molecule has 0 aliphatic heterocycles. The Labute approximate surface area is 146 Å². The van der Waals surface area contributed by atoms with Crippen molar-refractivity contribution in [2.75, 3.05) is 18.9 Å². The fourth-order valence-corrected chi connectivity index (χ4v) is 2.22. The SMILES string of the molecule is C[C@H](Oc1ccccc1)C(=O)N(C)CC(=O)Nc1ccc(Cl)cc1. The maximum Gasteiger partial charge on any atom is 0.263 e. The van der Waals surface area contributed by atoms with Gasteiger partial charge in [-0.25, -0.2) is 0 Å². The summed E-state index contributed by atoms with van der Waals surface area (Å²) in [5.74, 6) is 0.0440. The number of nitrogens with zero attached hydrogens (tertiary/aromatic N) is 1. The van der Waals surface area contributed by atoms with Gasteiger partial charge in [0.1, 0.15) is 5.75 Å². The number of rotatable bonds is 6. The third kappa shape index (κ3) is 5.28. The molecule has 126 valence electrons. The normalized spacial score (nSPS) is 11.5. The van der Waals surface area contributed by atoms with Crippen LogP contribution in [-0.4, -0.2) is 36.4 Å². The minimum absolute atomic E-state index is 0.0655.